The van der Waals surface area contributed by atoms with Gasteiger partial charge in [-0.05, 0) is 55.7 Å². The zero-order chi connectivity index (χ0) is 18.7. The molecule has 0 saturated carbocycles. The van der Waals surface area contributed by atoms with Crippen molar-refractivity contribution in [2.45, 2.75) is 27.2 Å². The van der Waals surface area contributed by atoms with Gasteiger partial charge in [-0.15, -0.1) is 0 Å². The molecule has 134 valence electrons. The smallest absolute Gasteiger partial charge is 0.336 e. The first-order valence-electron chi connectivity index (χ1n) is 8.53. The van der Waals surface area contributed by atoms with Gasteiger partial charge in [0.1, 0.15) is 11.3 Å². The van der Waals surface area contributed by atoms with E-state index >= 15 is 0 Å². The van der Waals surface area contributed by atoms with Gasteiger partial charge in [0.2, 0.25) is 0 Å². The molecule has 0 fully saturated rings. The average molecular weight is 351 g/mol. The Bertz CT molecular complexity index is 1000. The highest BCUT2D eigenvalue weighted by molar-refractivity contribution is 5.93. The molecule has 0 atom stereocenters. The summed E-state index contributed by atoms with van der Waals surface area (Å²) in [5.41, 5.74) is 3.66. The Morgan fingerprint density at radius 1 is 1.08 bits per heavy atom. The molecule has 1 heterocycles. The molecule has 5 heteroatoms. The predicted octanol–water partition coefficient (Wildman–Crippen LogP) is 3.99. The highest BCUT2D eigenvalue weighted by atomic mass is 16.5. The number of aryl methyl sites for hydroxylation is 3. The molecule has 3 aromatic rings. The van der Waals surface area contributed by atoms with Gasteiger partial charge >= 0.3 is 5.63 Å². The van der Waals surface area contributed by atoms with Crippen LogP contribution in [0.5, 0.6) is 5.75 Å². The van der Waals surface area contributed by atoms with Gasteiger partial charge in [0.05, 0.1) is 5.39 Å². The number of amides is 1. The standard InChI is InChI=1S/C21H21NO4/c1-4-15-11-20(24)26-18-10-14(3)9-17(21(15)18)25-12-19(23)22-16-7-5-13(2)6-8-16/h5-11H,4,12H2,1-3H3,(H,22,23). The third-order valence-corrected chi connectivity index (χ3v) is 4.11. The Morgan fingerprint density at radius 3 is 2.50 bits per heavy atom. The van der Waals surface area contributed by atoms with Crippen molar-refractivity contribution < 1.29 is 13.9 Å². The highest BCUT2D eigenvalue weighted by Crippen LogP contribution is 2.30. The minimum absolute atomic E-state index is 0.130. The van der Waals surface area contributed by atoms with E-state index in [1.807, 2.05) is 51.1 Å². The molecule has 1 aromatic heterocycles. The molecule has 0 bridgehead atoms. The van der Waals surface area contributed by atoms with Crippen LogP contribution >= 0.6 is 0 Å². The lowest BCUT2D eigenvalue weighted by molar-refractivity contribution is -0.118. The first-order valence-corrected chi connectivity index (χ1v) is 8.53. The van der Waals surface area contributed by atoms with Crippen LogP contribution in [-0.4, -0.2) is 12.5 Å². The van der Waals surface area contributed by atoms with Crippen molar-refractivity contribution in [2.24, 2.45) is 0 Å². The van der Waals surface area contributed by atoms with E-state index in [1.165, 1.54) is 6.07 Å². The van der Waals surface area contributed by atoms with Gasteiger partial charge in [0.15, 0.2) is 6.61 Å². The third-order valence-electron chi connectivity index (χ3n) is 4.11. The van der Waals surface area contributed by atoms with E-state index in [2.05, 4.69) is 5.32 Å². The highest BCUT2D eigenvalue weighted by Gasteiger charge is 2.13. The summed E-state index contributed by atoms with van der Waals surface area (Å²) in [6, 6.07) is 12.7. The molecular formula is C21H21NO4. The molecular weight excluding hydrogens is 330 g/mol. The Kier molecular flexibility index (Phi) is 5.07. The summed E-state index contributed by atoms with van der Waals surface area (Å²) < 4.78 is 11.1. The summed E-state index contributed by atoms with van der Waals surface area (Å²) >= 11 is 0. The summed E-state index contributed by atoms with van der Waals surface area (Å²) in [4.78, 5) is 23.9. The molecule has 5 nitrogen and oxygen atoms in total. The zero-order valence-electron chi connectivity index (χ0n) is 15.1. The minimum atomic E-state index is -0.386. The van der Waals surface area contributed by atoms with Crippen LogP contribution in [0.1, 0.15) is 23.6 Å². The quantitative estimate of drug-likeness (QED) is 0.706. The summed E-state index contributed by atoms with van der Waals surface area (Å²) in [6.45, 7) is 5.70. The van der Waals surface area contributed by atoms with Crippen LogP contribution in [0.25, 0.3) is 11.0 Å². The lowest BCUT2D eigenvalue weighted by atomic mass is 10.1. The first-order chi connectivity index (χ1) is 12.5. The second kappa shape index (κ2) is 7.44. The molecule has 0 aliphatic heterocycles. The van der Waals surface area contributed by atoms with Crippen LogP contribution in [0.15, 0.2) is 51.7 Å². The van der Waals surface area contributed by atoms with Crippen LogP contribution < -0.4 is 15.7 Å². The van der Waals surface area contributed by atoms with Crippen molar-refractivity contribution in [2.75, 3.05) is 11.9 Å². The normalized spacial score (nSPS) is 10.7. The van der Waals surface area contributed by atoms with Crippen molar-refractivity contribution in [3.05, 3.63) is 69.6 Å². The topological polar surface area (TPSA) is 68.5 Å². The molecule has 26 heavy (non-hydrogen) atoms. The van der Waals surface area contributed by atoms with E-state index in [0.29, 0.717) is 17.8 Å². The number of anilines is 1. The van der Waals surface area contributed by atoms with Crippen LogP contribution in [-0.2, 0) is 11.2 Å². The molecule has 0 saturated heterocycles. The summed E-state index contributed by atoms with van der Waals surface area (Å²) in [5, 5.41) is 3.54. The molecule has 0 aliphatic rings. The van der Waals surface area contributed by atoms with Crippen LogP contribution in [0.3, 0.4) is 0 Å². The molecule has 0 radical (unpaired) electrons. The fourth-order valence-electron chi connectivity index (χ4n) is 2.84. The molecule has 1 N–H and O–H groups in total. The third kappa shape index (κ3) is 3.94. The average Bonchev–Trinajstić information content (AvgIpc) is 2.60. The summed E-state index contributed by atoms with van der Waals surface area (Å²) in [7, 11) is 0. The van der Waals surface area contributed by atoms with Crippen LogP contribution in [0.2, 0.25) is 0 Å². The number of carbonyl (C=O) groups excluding carboxylic acids is 1. The number of nitrogens with one attached hydrogen (secondary N) is 1. The second-order valence-electron chi connectivity index (χ2n) is 6.28. The van der Waals surface area contributed by atoms with Gasteiger partial charge in [0, 0.05) is 11.8 Å². The van der Waals surface area contributed by atoms with E-state index in [0.717, 1.165) is 27.8 Å². The molecule has 0 spiro atoms. The van der Waals surface area contributed by atoms with E-state index in [4.69, 9.17) is 9.15 Å². The van der Waals surface area contributed by atoms with E-state index in [9.17, 15) is 9.59 Å². The Balaban J connectivity index is 1.83. The van der Waals surface area contributed by atoms with Crippen molar-refractivity contribution in [1.82, 2.24) is 0 Å². The zero-order valence-corrected chi connectivity index (χ0v) is 15.1. The van der Waals surface area contributed by atoms with Crippen LogP contribution in [0, 0.1) is 13.8 Å². The number of fused-ring (bicyclic) bond motifs is 1. The van der Waals surface area contributed by atoms with Gasteiger partial charge in [-0.25, -0.2) is 4.79 Å². The van der Waals surface area contributed by atoms with E-state index < -0.39 is 0 Å². The van der Waals surface area contributed by atoms with Gasteiger partial charge in [-0.3, -0.25) is 4.79 Å². The van der Waals surface area contributed by atoms with E-state index in [1.54, 1.807) is 6.07 Å². The lowest BCUT2D eigenvalue weighted by Gasteiger charge is -2.12. The Morgan fingerprint density at radius 2 is 1.81 bits per heavy atom. The SMILES string of the molecule is CCc1cc(=O)oc2cc(C)cc(OCC(=O)Nc3ccc(C)cc3)c12. The lowest BCUT2D eigenvalue weighted by Crippen LogP contribution is -2.20. The molecule has 3 rings (SSSR count). The van der Waals surface area contributed by atoms with Crippen LogP contribution in [0.4, 0.5) is 5.69 Å². The Labute approximate surface area is 151 Å². The largest absolute Gasteiger partial charge is 0.483 e. The molecule has 1 amide bonds. The summed E-state index contributed by atoms with van der Waals surface area (Å²) in [5.74, 6) is 0.290. The number of ether oxygens (including phenoxy) is 1. The van der Waals surface area contributed by atoms with Gasteiger partial charge in [0.25, 0.3) is 5.91 Å². The molecule has 0 aliphatic carbocycles. The summed E-state index contributed by atoms with van der Waals surface area (Å²) in [6.07, 6.45) is 0.664. The molecule has 0 unspecified atom stereocenters. The van der Waals surface area contributed by atoms with Gasteiger partial charge < -0.3 is 14.5 Å². The van der Waals surface area contributed by atoms with Crippen molar-refractivity contribution >= 4 is 22.6 Å². The van der Waals surface area contributed by atoms with Crippen molar-refractivity contribution in [3.8, 4) is 5.75 Å². The number of benzene rings is 2. The van der Waals surface area contributed by atoms with E-state index in [-0.39, 0.29) is 18.1 Å². The van der Waals surface area contributed by atoms with Crippen molar-refractivity contribution in [3.63, 3.8) is 0 Å². The van der Waals surface area contributed by atoms with Crippen molar-refractivity contribution in [1.29, 1.82) is 0 Å². The maximum atomic E-state index is 12.2. The minimum Gasteiger partial charge on any atom is -0.483 e. The number of hydrogen-bond acceptors (Lipinski definition) is 4. The van der Waals surface area contributed by atoms with Gasteiger partial charge in [-0.1, -0.05) is 24.6 Å². The monoisotopic (exact) mass is 351 g/mol. The maximum Gasteiger partial charge on any atom is 0.336 e. The fourth-order valence-corrected chi connectivity index (χ4v) is 2.84. The second-order valence-corrected chi connectivity index (χ2v) is 6.28. The predicted molar refractivity (Wildman–Crippen MR) is 102 cm³/mol. The number of hydrogen-bond donors (Lipinski definition) is 1. The van der Waals surface area contributed by atoms with Gasteiger partial charge in [-0.2, -0.15) is 0 Å². The maximum absolute atomic E-state index is 12.2. The Hall–Kier alpha value is -3.08. The number of rotatable bonds is 5. The number of carbonyl (C=O) groups is 1. The molecule has 2 aromatic carbocycles. The first kappa shape index (κ1) is 17.7. The fraction of sp³-hybridized carbons (Fsp3) is 0.238.